The monoisotopic (exact) mass is 333 g/mol. The van der Waals surface area contributed by atoms with Crippen molar-refractivity contribution in [3.05, 3.63) is 27.7 Å². The molecule has 1 aromatic rings. The molecular weight excluding hydrogens is 317 g/mol. The zero-order valence-electron chi connectivity index (χ0n) is 11.8. The van der Waals surface area contributed by atoms with E-state index in [1.807, 2.05) is 6.92 Å². The van der Waals surface area contributed by atoms with Gasteiger partial charge in [-0.1, -0.05) is 43.0 Å². The first-order valence-corrected chi connectivity index (χ1v) is 7.23. The first-order chi connectivity index (χ1) is 9.90. The van der Waals surface area contributed by atoms with Gasteiger partial charge in [0, 0.05) is 5.56 Å². The van der Waals surface area contributed by atoms with Crippen molar-refractivity contribution >= 4 is 35.1 Å². The van der Waals surface area contributed by atoms with Crippen molar-refractivity contribution in [1.82, 2.24) is 5.32 Å². The van der Waals surface area contributed by atoms with Crippen LogP contribution in [0.2, 0.25) is 10.0 Å². The number of carbonyl (C=O) groups excluding carboxylic acids is 1. The van der Waals surface area contributed by atoms with Gasteiger partial charge in [0.05, 0.1) is 17.2 Å². The maximum atomic E-state index is 12.1. The zero-order chi connectivity index (χ0) is 16.0. The molecular formula is C14H17Cl2NO4. The highest BCUT2D eigenvalue weighted by Crippen LogP contribution is 2.33. The number of carbonyl (C=O) groups is 2. The molecule has 0 saturated carbocycles. The highest BCUT2D eigenvalue weighted by molar-refractivity contribution is 6.37. The Kier molecular flexibility index (Phi) is 6.78. The summed E-state index contributed by atoms with van der Waals surface area (Å²) >= 11 is 11.9. The third-order valence-electron chi connectivity index (χ3n) is 2.91. The van der Waals surface area contributed by atoms with Crippen LogP contribution in [0.15, 0.2) is 12.1 Å². The fourth-order valence-electron chi connectivity index (χ4n) is 1.79. The van der Waals surface area contributed by atoms with E-state index in [0.29, 0.717) is 12.8 Å². The highest BCUT2D eigenvalue weighted by atomic mass is 35.5. The van der Waals surface area contributed by atoms with Gasteiger partial charge in [-0.2, -0.15) is 0 Å². The first-order valence-electron chi connectivity index (χ1n) is 6.47. The van der Waals surface area contributed by atoms with Crippen LogP contribution in [0, 0.1) is 0 Å². The summed E-state index contributed by atoms with van der Waals surface area (Å²) in [5.74, 6) is -1.33. The topological polar surface area (TPSA) is 75.6 Å². The van der Waals surface area contributed by atoms with Crippen LogP contribution in [0.1, 0.15) is 36.5 Å². The Morgan fingerprint density at radius 2 is 1.90 bits per heavy atom. The summed E-state index contributed by atoms with van der Waals surface area (Å²) < 4.78 is 4.99. The molecule has 0 radical (unpaired) electrons. The van der Waals surface area contributed by atoms with Crippen LogP contribution in [0.3, 0.4) is 0 Å². The van der Waals surface area contributed by atoms with Gasteiger partial charge in [0.2, 0.25) is 0 Å². The Balaban J connectivity index is 2.90. The third-order valence-corrected chi connectivity index (χ3v) is 3.48. The Hall–Kier alpha value is -1.46. The number of rotatable bonds is 7. The lowest BCUT2D eigenvalue weighted by atomic mass is 10.1. The molecule has 0 aliphatic heterocycles. The Bertz CT molecular complexity index is 511. The molecule has 5 nitrogen and oxygen atoms in total. The SMILES string of the molecule is CCCC[C@H](NC(=O)c1cc(Cl)c(OC)c(Cl)c1)C(=O)O. The lowest BCUT2D eigenvalue weighted by molar-refractivity contribution is -0.139. The van der Waals surface area contributed by atoms with Gasteiger partial charge in [0.25, 0.3) is 5.91 Å². The van der Waals surface area contributed by atoms with Crippen LogP contribution in [0.5, 0.6) is 5.75 Å². The van der Waals surface area contributed by atoms with Gasteiger partial charge in [0.15, 0.2) is 5.75 Å². The summed E-state index contributed by atoms with van der Waals surface area (Å²) in [7, 11) is 1.41. The second-order valence-corrected chi connectivity index (χ2v) is 5.29. The summed E-state index contributed by atoms with van der Waals surface area (Å²) in [6, 6.07) is 1.85. The predicted octanol–water partition coefficient (Wildman–Crippen LogP) is 3.38. The first kappa shape index (κ1) is 17.6. The Labute approximate surface area is 133 Å². The Morgan fingerprint density at radius 1 is 1.33 bits per heavy atom. The maximum absolute atomic E-state index is 12.1. The molecule has 0 aliphatic rings. The number of nitrogens with one attached hydrogen (secondary N) is 1. The molecule has 0 aliphatic carbocycles. The minimum atomic E-state index is -1.07. The quantitative estimate of drug-likeness (QED) is 0.802. The number of carboxylic acid groups (broad SMARTS) is 1. The number of aliphatic carboxylic acids is 1. The van der Waals surface area contributed by atoms with E-state index in [4.69, 9.17) is 33.0 Å². The van der Waals surface area contributed by atoms with Gasteiger partial charge in [-0.25, -0.2) is 4.79 Å². The van der Waals surface area contributed by atoms with Crippen LogP contribution >= 0.6 is 23.2 Å². The molecule has 1 atom stereocenters. The lowest BCUT2D eigenvalue weighted by Gasteiger charge is -2.15. The van der Waals surface area contributed by atoms with Gasteiger partial charge >= 0.3 is 5.97 Å². The highest BCUT2D eigenvalue weighted by Gasteiger charge is 2.21. The number of ether oxygens (including phenoxy) is 1. The van der Waals surface area contributed by atoms with Crippen molar-refractivity contribution in [2.45, 2.75) is 32.2 Å². The van der Waals surface area contributed by atoms with Crippen LogP contribution < -0.4 is 10.1 Å². The number of carboxylic acids is 1. The van der Waals surface area contributed by atoms with E-state index in [2.05, 4.69) is 5.32 Å². The van der Waals surface area contributed by atoms with E-state index in [1.54, 1.807) is 0 Å². The number of unbranched alkanes of at least 4 members (excludes halogenated alkanes) is 1. The van der Waals surface area contributed by atoms with E-state index in [9.17, 15) is 9.59 Å². The molecule has 116 valence electrons. The second kappa shape index (κ2) is 8.10. The molecule has 0 unspecified atom stereocenters. The minimum Gasteiger partial charge on any atom is -0.494 e. The van der Waals surface area contributed by atoms with Gasteiger partial charge in [-0.15, -0.1) is 0 Å². The molecule has 0 saturated heterocycles. The molecule has 1 amide bonds. The summed E-state index contributed by atoms with van der Waals surface area (Å²) in [4.78, 5) is 23.2. The van der Waals surface area contributed by atoms with Crippen LogP contribution in [-0.2, 0) is 4.79 Å². The maximum Gasteiger partial charge on any atom is 0.326 e. The van der Waals surface area contributed by atoms with Crippen LogP contribution in [0.25, 0.3) is 0 Å². The van der Waals surface area contributed by atoms with Crippen LogP contribution in [0.4, 0.5) is 0 Å². The molecule has 1 rings (SSSR count). The van der Waals surface area contributed by atoms with E-state index in [-0.39, 0.29) is 21.4 Å². The fraction of sp³-hybridized carbons (Fsp3) is 0.429. The number of amides is 1. The molecule has 0 heterocycles. The summed E-state index contributed by atoms with van der Waals surface area (Å²) in [5, 5.41) is 11.9. The molecule has 0 fully saturated rings. The number of hydrogen-bond acceptors (Lipinski definition) is 3. The van der Waals surface area contributed by atoms with Crippen molar-refractivity contribution < 1.29 is 19.4 Å². The summed E-state index contributed by atoms with van der Waals surface area (Å²) in [6.45, 7) is 1.95. The van der Waals surface area contributed by atoms with Crippen molar-refractivity contribution in [3.8, 4) is 5.75 Å². The largest absolute Gasteiger partial charge is 0.494 e. The van der Waals surface area contributed by atoms with E-state index in [0.717, 1.165) is 6.42 Å². The lowest BCUT2D eigenvalue weighted by Crippen LogP contribution is -2.40. The second-order valence-electron chi connectivity index (χ2n) is 4.48. The predicted molar refractivity (Wildman–Crippen MR) is 81.4 cm³/mol. The third kappa shape index (κ3) is 4.79. The van der Waals surface area contributed by atoms with Crippen molar-refractivity contribution in [2.75, 3.05) is 7.11 Å². The minimum absolute atomic E-state index is 0.188. The summed E-state index contributed by atoms with van der Waals surface area (Å²) in [5.41, 5.74) is 0.188. The van der Waals surface area contributed by atoms with Gasteiger partial charge in [0.1, 0.15) is 6.04 Å². The van der Waals surface area contributed by atoms with E-state index >= 15 is 0 Å². The summed E-state index contributed by atoms with van der Waals surface area (Å²) in [6.07, 6.45) is 1.93. The number of halogens is 2. The average molecular weight is 334 g/mol. The van der Waals surface area contributed by atoms with E-state index in [1.165, 1.54) is 19.2 Å². The molecule has 2 N–H and O–H groups in total. The number of methoxy groups -OCH3 is 1. The molecule has 0 bridgehead atoms. The Morgan fingerprint density at radius 3 is 2.33 bits per heavy atom. The van der Waals surface area contributed by atoms with Crippen molar-refractivity contribution in [1.29, 1.82) is 0 Å². The van der Waals surface area contributed by atoms with Gasteiger partial charge < -0.3 is 15.2 Å². The van der Waals surface area contributed by atoms with Gasteiger partial charge in [-0.05, 0) is 18.6 Å². The fourth-order valence-corrected chi connectivity index (χ4v) is 2.43. The van der Waals surface area contributed by atoms with Crippen molar-refractivity contribution in [3.63, 3.8) is 0 Å². The number of benzene rings is 1. The molecule has 21 heavy (non-hydrogen) atoms. The molecule has 0 aromatic heterocycles. The zero-order valence-corrected chi connectivity index (χ0v) is 13.3. The van der Waals surface area contributed by atoms with Crippen LogP contribution in [-0.4, -0.2) is 30.1 Å². The number of hydrogen-bond donors (Lipinski definition) is 2. The molecule has 1 aromatic carbocycles. The van der Waals surface area contributed by atoms with Crippen molar-refractivity contribution in [2.24, 2.45) is 0 Å². The van der Waals surface area contributed by atoms with E-state index < -0.39 is 17.9 Å². The smallest absolute Gasteiger partial charge is 0.326 e. The molecule has 7 heteroatoms. The standard InChI is InChI=1S/C14H17Cl2NO4/c1-3-4-5-11(14(19)20)17-13(18)8-6-9(15)12(21-2)10(16)7-8/h6-7,11H,3-5H2,1-2H3,(H,17,18)(H,19,20)/t11-/m0/s1. The van der Waals surface area contributed by atoms with Gasteiger partial charge in [-0.3, -0.25) is 4.79 Å². The normalized spacial score (nSPS) is 11.8. The molecule has 0 spiro atoms. The average Bonchev–Trinajstić information content (AvgIpc) is 2.42.